The third kappa shape index (κ3) is 3.83. The summed E-state index contributed by atoms with van der Waals surface area (Å²) in [7, 11) is 0. The van der Waals surface area contributed by atoms with Crippen LogP contribution >= 0.6 is 0 Å². The maximum absolute atomic E-state index is 13.5. The van der Waals surface area contributed by atoms with E-state index in [0.29, 0.717) is 17.7 Å². The molecule has 1 aliphatic heterocycles. The van der Waals surface area contributed by atoms with Crippen LogP contribution in [0.25, 0.3) is 5.57 Å². The number of hydrogen-bond acceptors (Lipinski definition) is 3. The maximum atomic E-state index is 13.5. The van der Waals surface area contributed by atoms with E-state index in [2.05, 4.69) is 55.1 Å². The molecule has 0 aliphatic carbocycles. The molecule has 0 fully saturated rings. The Kier molecular flexibility index (Phi) is 5.79. The van der Waals surface area contributed by atoms with Crippen molar-refractivity contribution >= 4 is 40.6 Å². The van der Waals surface area contributed by atoms with Crippen molar-refractivity contribution in [1.29, 1.82) is 0 Å². The van der Waals surface area contributed by atoms with Crippen LogP contribution in [0, 0.1) is 6.92 Å². The van der Waals surface area contributed by atoms with Crippen LogP contribution in [0.3, 0.4) is 0 Å². The van der Waals surface area contributed by atoms with E-state index in [0.717, 1.165) is 38.7 Å². The summed E-state index contributed by atoms with van der Waals surface area (Å²) in [6.07, 6.45) is 0.580. The Bertz CT molecular complexity index is 1420. The van der Waals surface area contributed by atoms with E-state index in [1.54, 1.807) is 12.1 Å². The molecule has 0 saturated heterocycles. The first kappa shape index (κ1) is 22.4. The molecule has 2 amide bonds. The first-order chi connectivity index (χ1) is 17.0. The van der Waals surface area contributed by atoms with Gasteiger partial charge in [0.2, 0.25) is 6.41 Å². The number of rotatable bonds is 4. The molecule has 172 valence electrons. The Morgan fingerprint density at radius 1 is 0.771 bits per heavy atom. The number of aryl methyl sites for hydroxylation is 1. The number of nitrogens with zero attached hydrogens (tertiary/aromatic N) is 2. The Morgan fingerprint density at radius 3 is 1.91 bits per heavy atom. The molecule has 0 bridgehead atoms. The second kappa shape index (κ2) is 9.07. The molecule has 0 atom stereocenters. The van der Waals surface area contributed by atoms with E-state index in [4.69, 9.17) is 0 Å². The van der Waals surface area contributed by atoms with Crippen LogP contribution in [0.5, 0.6) is 0 Å². The zero-order valence-electron chi connectivity index (χ0n) is 20.0. The fourth-order valence-electron chi connectivity index (χ4n) is 4.78. The van der Waals surface area contributed by atoms with Gasteiger partial charge in [0.1, 0.15) is 0 Å². The highest BCUT2D eigenvalue weighted by Crippen LogP contribution is 2.49. The number of carbonyl (C=O) groups is 2. The highest BCUT2D eigenvalue weighted by Gasteiger charge is 2.29. The molecule has 0 unspecified atom stereocenters. The minimum Gasteiger partial charge on any atom is -0.309 e. The quantitative estimate of drug-likeness (QED) is 0.263. The predicted molar refractivity (Wildman–Crippen MR) is 143 cm³/mol. The topological polar surface area (TPSA) is 40.6 Å². The van der Waals surface area contributed by atoms with Crippen molar-refractivity contribution < 1.29 is 9.59 Å². The Morgan fingerprint density at radius 2 is 1.34 bits per heavy atom. The number of benzene rings is 4. The van der Waals surface area contributed by atoms with Gasteiger partial charge in [0.25, 0.3) is 5.91 Å². The van der Waals surface area contributed by atoms with Gasteiger partial charge in [-0.2, -0.15) is 0 Å². The fourth-order valence-corrected chi connectivity index (χ4v) is 4.78. The third-order valence-corrected chi connectivity index (χ3v) is 6.40. The number of allylic oxidation sites excluding steroid dienone is 1. The molecular weight excluding hydrogens is 432 g/mol. The molecule has 0 radical (unpaired) electrons. The van der Waals surface area contributed by atoms with Crippen molar-refractivity contribution in [1.82, 2.24) is 0 Å². The van der Waals surface area contributed by atoms with Crippen LogP contribution in [-0.4, -0.2) is 12.3 Å². The average molecular weight is 459 g/mol. The largest absolute Gasteiger partial charge is 0.309 e. The molecule has 0 spiro atoms. The summed E-state index contributed by atoms with van der Waals surface area (Å²) in [4.78, 5) is 28.8. The molecule has 4 heteroatoms. The third-order valence-electron chi connectivity index (χ3n) is 6.40. The minimum absolute atomic E-state index is 0.353. The van der Waals surface area contributed by atoms with Gasteiger partial charge in [0, 0.05) is 22.4 Å². The van der Waals surface area contributed by atoms with Gasteiger partial charge >= 0.3 is 0 Å². The number of hydrogen-bond donors (Lipinski definition) is 0. The number of imide groups is 1. The fraction of sp³-hybridized carbons (Fsp3) is 0.0968. The first-order valence-corrected chi connectivity index (χ1v) is 11.6. The van der Waals surface area contributed by atoms with Crippen LogP contribution in [0.2, 0.25) is 0 Å². The summed E-state index contributed by atoms with van der Waals surface area (Å²) in [6, 6.07) is 31.5. The van der Waals surface area contributed by atoms with E-state index in [-0.39, 0.29) is 5.91 Å². The number of amides is 2. The summed E-state index contributed by atoms with van der Waals surface area (Å²) in [5, 5.41) is 0. The lowest BCUT2D eigenvalue weighted by Crippen LogP contribution is -2.30. The van der Waals surface area contributed by atoms with Crippen molar-refractivity contribution in [2.45, 2.75) is 20.8 Å². The van der Waals surface area contributed by atoms with Gasteiger partial charge in [0.05, 0.1) is 17.1 Å². The molecule has 0 N–H and O–H groups in total. The molecule has 4 aromatic carbocycles. The minimum atomic E-state index is -0.353. The zero-order chi connectivity index (χ0) is 24.5. The van der Waals surface area contributed by atoms with Gasteiger partial charge in [-0.15, -0.1) is 0 Å². The second-order valence-corrected chi connectivity index (χ2v) is 8.86. The van der Waals surface area contributed by atoms with Gasteiger partial charge in [-0.05, 0) is 68.3 Å². The molecule has 4 aromatic rings. The number of para-hydroxylation sites is 3. The smallest absolute Gasteiger partial charge is 0.265 e. The Labute approximate surface area is 205 Å². The monoisotopic (exact) mass is 458 g/mol. The van der Waals surface area contributed by atoms with Gasteiger partial charge in [-0.1, -0.05) is 66.2 Å². The van der Waals surface area contributed by atoms with Crippen LogP contribution in [0.1, 0.15) is 40.9 Å². The SMILES string of the molecule is CC(C)=C1c2ccccc2N(c2ccc(C)c(C(=O)N(C=O)c3ccccc3)c2)c2ccccc21. The molecule has 4 nitrogen and oxygen atoms in total. The van der Waals surface area contributed by atoms with E-state index in [1.807, 2.05) is 55.5 Å². The van der Waals surface area contributed by atoms with Crippen LogP contribution in [0.4, 0.5) is 22.7 Å². The number of carbonyl (C=O) groups excluding carboxylic acids is 2. The molecule has 0 saturated carbocycles. The maximum Gasteiger partial charge on any atom is 0.265 e. The van der Waals surface area contributed by atoms with Crippen molar-refractivity contribution in [2.75, 3.05) is 9.80 Å². The summed E-state index contributed by atoms with van der Waals surface area (Å²) in [5.41, 5.74) is 9.59. The second-order valence-electron chi connectivity index (χ2n) is 8.86. The number of fused-ring (bicyclic) bond motifs is 2. The summed E-state index contributed by atoms with van der Waals surface area (Å²) < 4.78 is 0. The summed E-state index contributed by atoms with van der Waals surface area (Å²) in [6.45, 7) is 6.17. The van der Waals surface area contributed by atoms with Gasteiger partial charge in [-0.25, -0.2) is 4.90 Å². The molecule has 5 rings (SSSR count). The Balaban J connectivity index is 1.68. The van der Waals surface area contributed by atoms with Crippen LogP contribution in [0.15, 0.2) is 103 Å². The molecule has 35 heavy (non-hydrogen) atoms. The van der Waals surface area contributed by atoms with E-state index >= 15 is 0 Å². The van der Waals surface area contributed by atoms with Crippen LogP contribution < -0.4 is 9.80 Å². The summed E-state index contributed by atoms with van der Waals surface area (Å²) >= 11 is 0. The van der Waals surface area contributed by atoms with Gasteiger partial charge in [-0.3, -0.25) is 9.59 Å². The van der Waals surface area contributed by atoms with E-state index < -0.39 is 0 Å². The standard InChI is InChI=1S/C31H26N2O2/c1-21(2)30-25-13-7-9-15-28(25)33(29-16-10-8-14-26(29)30)24-18-17-22(3)27(19-24)31(35)32(20-34)23-11-5-4-6-12-23/h4-20H,1-3H3. The van der Waals surface area contributed by atoms with Gasteiger partial charge < -0.3 is 4.90 Å². The van der Waals surface area contributed by atoms with E-state index in [9.17, 15) is 9.59 Å². The molecule has 1 heterocycles. The van der Waals surface area contributed by atoms with Crippen molar-refractivity contribution in [2.24, 2.45) is 0 Å². The lowest BCUT2D eigenvalue weighted by molar-refractivity contribution is -0.106. The molecular formula is C31H26N2O2. The van der Waals surface area contributed by atoms with Crippen LogP contribution in [-0.2, 0) is 4.79 Å². The molecule has 1 aliphatic rings. The first-order valence-electron chi connectivity index (χ1n) is 11.6. The average Bonchev–Trinajstić information content (AvgIpc) is 2.88. The molecule has 0 aromatic heterocycles. The lowest BCUT2D eigenvalue weighted by atomic mass is 9.87. The normalized spacial score (nSPS) is 12.0. The van der Waals surface area contributed by atoms with Crippen molar-refractivity contribution in [3.05, 3.63) is 125 Å². The van der Waals surface area contributed by atoms with Gasteiger partial charge in [0.15, 0.2) is 0 Å². The summed E-state index contributed by atoms with van der Waals surface area (Å²) in [5.74, 6) is -0.353. The number of anilines is 4. The van der Waals surface area contributed by atoms with Crippen molar-refractivity contribution in [3.8, 4) is 0 Å². The highest BCUT2D eigenvalue weighted by molar-refractivity contribution is 6.16. The Hall–Kier alpha value is -4.44. The predicted octanol–water partition coefficient (Wildman–Crippen LogP) is 7.42. The lowest BCUT2D eigenvalue weighted by Gasteiger charge is -2.35. The van der Waals surface area contributed by atoms with E-state index in [1.165, 1.54) is 11.1 Å². The van der Waals surface area contributed by atoms with Crippen molar-refractivity contribution in [3.63, 3.8) is 0 Å². The zero-order valence-corrected chi connectivity index (χ0v) is 20.0. The highest BCUT2D eigenvalue weighted by atomic mass is 16.2.